The quantitative estimate of drug-likeness (QED) is 0.822. The maximum absolute atomic E-state index is 11.4. The lowest BCUT2D eigenvalue weighted by molar-refractivity contribution is 0.0525. The number of aromatic nitrogens is 4. The minimum absolute atomic E-state index is 0.323. The molecule has 0 saturated heterocycles. The zero-order valence-corrected chi connectivity index (χ0v) is 11.3. The molecule has 7 heteroatoms. The Morgan fingerprint density at radius 3 is 2.40 bits per heavy atom. The Kier molecular flexibility index (Phi) is 4.54. The van der Waals surface area contributed by atoms with E-state index in [9.17, 15) is 4.79 Å². The molecule has 0 saturated carbocycles. The number of hydrogen-bond acceptors (Lipinski definition) is 7. The fourth-order valence-electron chi connectivity index (χ4n) is 1.41. The van der Waals surface area contributed by atoms with Crippen molar-refractivity contribution in [3.8, 4) is 0 Å². The molecule has 0 fully saturated rings. The summed E-state index contributed by atoms with van der Waals surface area (Å²) >= 11 is 0. The zero-order chi connectivity index (χ0) is 14.4. The number of ether oxygens (including phenoxy) is 1. The Balaban J connectivity index is 1.93. The van der Waals surface area contributed by atoms with Gasteiger partial charge in [0.2, 0.25) is 5.95 Å². The van der Waals surface area contributed by atoms with Crippen molar-refractivity contribution in [2.24, 2.45) is 0 Å². The van der Waals surface area contributed by atoms with Crippen molar-refractivity contribution in [2.45, 2.75) is 20.4 Å². The Morgan fingerprint density at radius 2 is 1.80 bits per heavy atom. The lowest BCUT2D eigenvalue weighted by Gasteiger charge is -2.05. The molecule has 0 spiro atoms. The van der Waals surface area contributed by atoms with Crippen LogP contribution in [0.15, 0.2) is 24.8 Å². The first-order valence-electron chi connectivity index (χ1n) is 6.19. The number of aryl methyl sites for hydroxylation is 1. The molecular weight excluding hydrogens is 258 g/mol. The normalized spacial score (nSPS) is 10.1. The van der Waals surface area contributed by atoms with Crippen molar-refractivity contribution in [1.82, 2.24) is 19.9 Å². The molecule has 2 aromatic rings. The van der Waals surface area contributed by atoms with Gasteiger partial charge in [-0.25, -0.2) is 24.7 Å². The number of esters is 1. The predicted molar refractivity (Wildman–Crippen MR) is 72.1 cm³/mol. The van der Waals surface area contributed by atoms with Gasteiger partial charge in [0.05, 0.1) is 18.7 Å². The van der Waals surface area contributed by atoms with Crippen LogP contribution in [0.1, 0.15) is 28.7 Å². The third-order valence-corrected chi connectivity index (χ3v) is 2.40. The van der Waals surface area contributed by atoms with Crippen molar-refractivity contribution in [2.75, 3.05) is 11.9 Å². The number of hydrogen-bond donors (Lipinski definition) is 1. The van der Waals surface area contributed by atoms with Gasteiger partial charge >= 0.3 is 5.97 Å². The molecule has 0 radical (unpaired) electrons. The molecule has 2 heterocycles. The SMILES string of the molecule is CCOC(=O)c1cnc(NCc2ncc(C)cn2)nc1. The zero-order valence-electron chi connectivity index (χ0n) is 11.3. The van der Waals surface area contributed by atoms with Crippen LogP contribution < -0.4 is 5.32 Å². The third kappa shape index (κ3) is 3.71. The van der Waals surface area contributed by atoms with Crippen LogP contribution in [-0.4, -0.2) is 32.5 Å². The number of anilines is 1. The van der Waals surface area contributed by atoms with E-state index in [4.69, 9.17) is 4.74 Å². The molecule has 0 aromatic carbocycles. The molecule has 0 aliphatic rings. The fraction of sp³-hybridized carbons (Fsp3) is 0.308. The van der Waals surface area contributed by atoms with Crippen molar-refractivity contribution >= 4 is 11.9 Å². The van der Waals surface area contributed by atoms with Crippen LogP contribution in [0.25, 0.3) is 0 Å². The summed E-state index contributed by atoms with van der Waals surface area (Å²) in [7, 11) is 0. The smallest absolute Gasteiger partial charge is 0.341 e. The Labute approximate surface area is 116 Å². The highest BCUT2D eigenvalue weighted by molar-refractivity contribution is 5.88. The highest BCUT2D eigenvalue weighted by Crippen LogP contribution is 2.03. The summed E-state index contributed by atoms with van der Waals surface area (Å²) in [5, 5.41) is 2.98. The number of rotatable bonds is 5. The van der Waals surface area contributed by atoms with Gasteiger partial charge in [-0.2, -0.15) is 0 Å². The van der Waals surface area contributed by atoms with E-state index in [0.717, 1.165) is 5.56 Å². The minimum Gasteiger partial charge on any atom is -0.462 e. The first-order chi connectivity index (χ1) is 9.69. The van der Waals surface area contributed by atoms with Crippen LogP contribution in [0.2, 0.25) is 0 Å². The highest BCUT2D eigenvalue weighted by Gasteiger charge is 2.07. The molecule has 7 nitrogen and oxygen atoms in total. The standard InChI is InChI=1S/C13H15N5O2/c1-3-20-12(19)10-6-16-13(17-7-10)18-8-11-14-4-9(2)5-15-11/h4-7H,3,8H2,1-2H3,(H,16,17,18). The fourth-order valence-corrected chi connectivity index (χ4v) is 1.41. The first-order valence-corrected chi connectivity index (χ1v) is 6.19. The van der Waals surface area contributed by atoms with Gasteiger partial charge in [-0.1, -0.05) is 0 Å². The molecule has 2 rings (SSSR count). The van der Waals surface area contributed by atoms with Crippen LogP contribution in [0, 0.1) is 6.92 Å². The van der Waals surface area contributed by atoms with E-state index in [1.54, 1.807) is 19.3 Å². The van der Waals surface area contributed by atoms with Crippen LogP contribution >= 0.6 is 0 Å². The number of carbonyl (C=O) groups is 1. The summed E-state index contributed by atoms with van der Waals surface area (Å²) < 4.78 is 4.85. The maximum Gasteiger partial charge on any atom is 0.341 e. The number of nitrogens with one attached hydrogen (secondary N) is 1. The number of nitrogens with zero attached hydrogens (tertiary/aromatic N) is 4. The van der Waals surface area contributed by atoms with Crippen LogP contribution in [0.4, 0.5) is 5.95 Å². The number of carbonyl (C=O) groups excluding carboxylic acids is 1. The van der Waals surface area contributed by atoms with Crippen molar-refractivity contribution < 1.29 is 9.53 Å². The van der Waals surface area contributed by atoms with Crippen LogP contribution in [-0.2, 0) is 11.3 Å². The highest BCUT2D eigenvalue weighted by atomic mass is 16.5. The van der Waals surface area contributed by atoms with E-state index in [1.165, 1.54) is 12.4 Å². The van der Waals surface area contributed by atoms with Gasteiger partial charge in [0.15, 0.2) is 0 Å². The molecule has 0 aliphatic carbocycles. The second kappa shape index (κ2) is 6.55. The van der Waals surface area contributed by atoms with Crippen molar-refractivity contribution in [3.63, 3.8) is 0 Å². The summed E-state index contributed by atoms with van der Waals surface area (Å²) in [6.45, 7) is 4.41. The monoisotopic (exact) mass is 273 g/mol. The Hall–Kier alpha value is -2.57. The van der Waals surface area contributed by atoms with E-state index in [1.807, 2.05) is 6.92 Å². The summed E-state index contributed by atoms with van der Waals surface area (Å²) in [4.78, 5) is 27.8. The topological polar surface area (TPSA) is 89.9 Å². The molecule has 0 atom stereocenters. The predicted octanol–water partition coefficient (Wildman–Crippen LogP) is 1.36. The molecular formula is C13H15N5O2. The van der Waals surface area contributed by atoms with Gasteiger partial charge in [-0.05, 0) is 19.4 Å². The molecule has 20 heavy (non-hydrogen) atoms. The molecule has 2 aromatic heterocycles. The van der Waals surface area contributed by atoms with E-state index < -0.39 is 5.97 Å². The summed E-state index contributed by atoms with van der Waals surface area (Å²) in [6.07, 6.45) is 6.33. The van der Waals surface area contributed by atoms with Crippen LogP contribution in [0.5, 0.6) is 0 Å². The van der Waals surface area contributed by atoms with E-state index in [0.29, 0.717) is 30.5 Å². The molecule has 0 unspecified atom stereocenters. The van der Waals surface area contributed by atoms with E-state index >= 15 is 0 Å². The molecule has 104 valence electrons. The van der Waals surface area contributed by atoms with Crippen molar-refractivity contribution in [3.05, 3.63) is 41.7 Å². The van der Waals surface area contributed by atoms with Gasteiger partial charge in [0.25, 0.3) is 0 Å². The lowest BCUT2D eigenvalue weighted by Crippen LogP contribution is -2.09. The van der Waals surface area contributed by atoms with E-state index in [2.05, 4.69) is 25.3 Å². The molecule has 0 aliphatic heterocycles. The summed E-state index contributed by atoms with van der Waals surface area (Å²) in [6, 6.07) is 0. The minimum atomic E-state index is -0.430. The van der Waals surface area contributed by atoms with Gasteiger partial charge in [-0.15, -0.1) is 0 Å². The van der Waals surface area contributed by atoms with E-state index in [-0.39, 0.29) is 0 Å². The average molecular weight is 273 g/mol. The van der Waals surface area contributed by atoms with Gasteiger partial charge in [-0.3, -0.25) is 0 Å². The van der Waals surface area contributed by atoms with Gasteiger partial charge < -0.3 is 10.1 Å². The second-order valence-electron chi connectivity index (χ2n) is 4.05. The molecule has 1 N–H and O–H groups in total. The molecule has 0 bridgehead atoms. The van der Waals surface area contributed by atoms with Crippen molar-refractivity contribution in [1.29, 1.82) is 0 Å². The third-order valence-electron chi connectivity index (χ3n) is 2.40. The summed E-state index contributed by atoms with van der Waals surface area (Å²) in [5.41, 5.74) is 1.33. The largest absolute Gasteiger partial charge is 0.462 e. The summed E-state index contributed by atoms with van der Waals surface area (Å²) in [5.74, 6) is 0.622. The first kappa shape index (κ1) is 13.9. The second-order valence-corrected chi connectivity index (χ2v) is 4.05. The Morgan fingerprint density at radius 1 is 1.15 bits per heavy atom. The Bertz CT molecular complexity index is 568. The lowest BCUT2D eigenvalue weighted by atomic mass is 10.3. The van der Waals surface area contributed by atoms with Gasteiger partial charge in [0.1, 0.15) is 5.82 Å². The molecule has 0 amide bonds. The van der Waals surface area contributed by atoms with Crippen LogP contribution in [0.3, 0.4) is 0 Å². The maximum atomic E-state index is 11.4. The van der Waals surface area contributed by atoms with Gasteiger partial charge in [0, 0.05) is 24.8 Å². The average Bonchev–Trinajstić information content (AvgIpc) is 2.47.